The van der Waals surface area contributed by atoms with E-state index < -0.39 is 0 Å². The molecule has 2 nitrogen and oxygen atoms in total. The maximum absolute atomic E-state index is 2.44. The Balaban J connectivity index is 1.15. The number of hydrogen-bond donors (Lipinski definition) is 0. The van der Waals surface area contributed by atoms with Gasteiger partial charge in [-0.2, -0.15) is 0 Å². The van der Waals surface area contributed by atoms with E-state index in [0.29, 0.717) is 0 Å². The van der Waals surface area contributed by atoms with Gasteiger partial charge in [0, 0.05) is 58.5 Å². The molecule has 0 unspecified atom stereocenters. The average molecular weight is 641 g/mol. The fraction of sp³-hybridized carbons (Fsp3) is 0. The lowest BCUT2D eigenvalue weighted by atomic mass is 10.0. The molecule has 0 amide bonds. The molecule has 0 aliphatic carbocycles. The van der Waals surface area contributed by atoms with Gasteiger partial charge in [0.05, 0.1) is 22.1 Å². The summed E-state index contributed by atoms with van der Waals surface area (Å²) in [5.74, 6) is 0. The Labute approximate surface area is 286 Å². The number of nitrogens with zero attached hydrogens (tertiary/aromatic N) is 2. The second-order valence-corrected chi connectivity index (χ2v) is 13.9. The van der Waals surface area contributed by atoms with E-state index in [-0.39, 0.29) is 0 Å². The zero-order chi connectivity index (χ0) is 32.1. The third kappa shape index (κ3) is 3.76. The molecule has 0 aliphatic heterocycles. The topological polar surface area (TPSA) is 9.86 Å². The molecule has 0 N–H and O–H groups in total. The van der Waals surface area contributed by atoms with E-state index >= 15 is 0 Å². The fourth-order valence-electron chi connectivity index (χ4n) is 8.22. The van der Waals surface area contributed by atoms with E-state index in [1.165, 1.54) is 91.4 Å². The molecule has 0 atom stereocenters. The first-order chi connectivity index (χ1) is 24.3. The predicted molar refractivity (Wildman–Crippen MR) is 211 cm³/mol. The smallest absolute Gasteiger partial charge is 0.0619 e. The van der Waals surface area contributed by atoms with Gasteiger partial charge in [-0.1, -0.05) is 121 Å². The molecule has 0 bridgehead atoms. The van der Waals surface area contributed by atoms with Crippen molar-refractivity contribution in [3.05, 3.63) is 170 Å². The van der Waals surface area contributed by atoms with Crippen molar-refractivity contribution < 1.29 is 0 Å². The van der Waals surface area contributed by atoms with E-state index in [1.54, 1.807) is 0 Å². The van der Waals surface area contributed by atoms with Crippen LogP contribution in [0.3, 0.4) is 0 Å². The summed E-state index contributed by atoms with van der Waals surface area (Å²) in [5, 5.41) is 10.3. The van der Waals surface area contributed by atoms with E-state index in [4.69, 9.17) is 0 Å². The van der Waals surface area contributed by atoms with Crippen LogP contribution in [0.25, 0.3) is 97.1 Å². The lowest BCUT2D eigenvalue weighted by molar-refractivity contribution is 1.18. The Morgan fingerprint density at radius 1 is 0.347 bits per heavy atom. The van der Waals surface area contributed by atoms with Crippen molar-refractivity contribution in [1.82, 2.24) is 9.13 Å². The zero-order valence-electron chi connectivity index (χ0n) is 26.5. The van der Waals surface area contributed by atoms with Gasteiger partial charge in [0.1, 0.15) is 0 Å². The highest BCUT2D eigenvalue weighted by molar-refractivity contribution is 7.26. The molecule has 49 heavy (non-hydrogen) atoms. The SMILES string of the molecule is c1ccc(-n2c3ccccc3c3ccc4c(ccc5c4c4ccccc4n5-c4ccc(-c5cccc6c5sc5ccccc56)cc4)c32)cc1. The molecule has 0 saturated carbocycles. The monoisotopic (exact) mass is 640 g/mol. The highest BCUT2D eigenvalue weighted by Gasteiger charge is 2.19. The first kappa shape index (κ1) is 26.9. The highest BCUT2D eigenvalue weighted by Crippen LogP contribution is 2.43. The minimum atomic E-state index is 1.16. The highest BCUT2D eigenvalue weighted by atomic mass is 32.1. The maximum atomic E-state index is 2.44. The molecule has 3 aromatic heterocycles. The van der Waals surface area contributed by atoms with Gasteiger partial charge < -0.3 is 9.13 Å². The van der Waals surface area contributed by atoms with Crippen LogP contribution in [0.2, 0.25) is 0 Å². The lowest BCUT2D eigenvalue weighted by Gasteiger charge is -2.12. The first-order valence-corrected chi connectivity index (χ1v) is 17.6. The van der Waals surface area contributed by atoms with Crippen molar-refractivity contribution in [1.29, 1.82) is 0 Å². The summed E-state index contributed by atoms with van der Waals surface area (Å²) in [6.07, 6.45) is 0. The van der Waals surface area contributed by atoms with Crippen molar-refractivity contribution >= 4 is 85.9 Å². The van der Waals surface area contributed by atoms with Gasteiger partial charge in [-0.25, -0.2) is 0 Å². The first-order valence-electron chi connectivity index (χ1n) is 16.8. The maximum Gasteiger partial charge on any atom is 0.0619 e. The van der Waals surface area contributed by atoms with Gasteiger partial charge in [-0.3, -0.25) is 0 Å². The quantitative estimate of drug-likeness (QED) is 0.182. The second kappa shape index (κ2) is 10.2. The summed E-state index contributed by atoms with van der Waals surface area (Å²) in [5.41, 5.74) is 9.78. The molecule has 11 rings (SSSR count). The molecule has 0 saturated heterocycles. The lowest BCUT2D eigenvalue weighted by Crippen LogP contribution is -1.95. The Morgan fingerprint density at radius 3 is 1.80 bits per heavy atom. The molecule has 3 heteroatoms. The molecule has 0 spiro atoms. The third-order valence-corrected chi connectivity index (χ3v) is 11.5. The second-order valence-electron chi connectivity index (χ2n) is 12.9. The minimum absolute atomic E-state index is 1.16. The fourth-order valence-corrected chi connectivity index (χ4v) is 9.46. The number of benzene rings is 8. The summed E-state index contributed by atoms with van der Waals surface area (Å²) in [7, 11) is 0. The number of hydrogen-bond acceptors (Lipinski definition) is 1. The number of para-hydroxylation sites is 3. The molecule has 11 aromatic rings. The van der Waals surface area contributed by atoms with Crippen molar-refractivity contribution in [2.75, 3.05) is 0 Å². The Bertz CT molecular complexity index is 3090. The molecule has 0 fully saturated rings. The van der Waals surface area contributed by atoms with Crippen LogP contribution in [0.15, 0.2) is 170 Å². The summed E-state index contributed by atoms with van der Waals surface area (Å²) < 4.78 is 7.55. The summed E-state index contributed by atoms with van der Waals surface area (Å²) in [6.45, 7) is 0. The Morgan fingerprint density at radius 2 is 0.959 bits per heavy atom. The van der Waals surface area contributed by atoms with Crippen LogP contribution in [0.4, 0.5) is 0 Å². The molecular formula is C46H28N2S. The minimum Gasteiger partial charge on any atom is -0.309 e. The molecule has 0 aliphatic rings. The standard InChI is InChI=1S/C46H28N2S/c1-2-11-30(12-3-1)48-40-18-7-4-13-33(40)36-26-25-35-37(45(36)48)27-28-42-44(35)39-15-5-8-19-41(39)47(42)31-23-21-29(22-24-31)32-16-10-17-38-34-14-6-9-20-43(34)49-46(32)38/h1-28H. The van der Waals surface area contributed by atoms with E-state index in [9.17, 15) is 0 Å². The van der Waals surface area contributed by atoms with Crippen LogP contribution < -0.4 is 0 Å². The van der Waals surface area contributed by atoms with Crippen molar-refractivity contribution in [2.45, 2.75) is 0 Å². The van der Waals surface area contributed by atoms with E-state index in [2.05, 4.69) is 179 Å². The number of thiophene rings is 1. The summed E-state index contributed by atoms with van der Waals surface area (Å²) in [6, 6.07) is 62.3. The van der Waals surface area contributed by atoms with Crippen LogP contribution in [0.1, 0.15) is 0 Å². The van der Waals surface area contributed by atoms with E-state index in [1.807, 2.05) is 11.3 Å². The zero-order valence-corrected chi connectivity index (χ0v) is 27.3. The summed E-state index contributed by atoms with van der Waals surface area (Å²) >= 11 is 1.88. The van der Waals surface area contributed by atoms with Gasteiger partial charge in [-0.15, -0.1) is 11.3 Å². The van der Waals surface area contributed by atoms with E-state index in [0.717, 1.165) is 5.69 Å². The van der Waals surface area contributed by atoms with Crippen LogP contribution in [0.5, 0.6) is 0 Å². The van der Waals surface area contributed by atoms with Crippen LogP contribution in [-0.2, 0) is 0 Å². The molecule has 0 radical (unpaired) electrons. The van der Waals surface area contributed by atoms with Crippen LogP contribution in [-0.4, -0.2) is 9.13 Å². The average Bonchev–Trinajstić information content (AvgIpc) is 3.83. The van der Waals surface area contributed by atoms with Gasteiger partial charge in [-0.05, 0) is 65.0 Å². The van der Waals surface area contributed by atoms with Gasteiger partial charge in [0.15, 0.2) is 0 Å². The van der Waals surface area contributed by atoms with Crippen LogP contribution in [0, 0.1) is 0 Å². The molecule has 3 heterocycles. The van der Waals surface area contributed by atoms with Crippen molar-refractivity contribution in [3.63, 3.8) is 0 Å². The van der Waals surface area contributed by atoms with Crippen LogP contribution >= 0.6 is 11.3 Å². The number of rotatable bonds is 3. The Hall–Kier alpha value is -6.16. The van der Waals surface area contributed by atoms with Crippen molar-refractivity contribution in [3.8, 4) is 22.5 Å². The molecule has 8 aromatic carbocycles. The van der Waals surface area contributed by atoms with Gasteiger partial charge in [0.25, 0.3) is 0 Å². The largest absolute Gasteiger partial charge is 0.309 e. The Kier molecular flexibility index (Phi) is 5.57. The predicted octanol–water partition coefficient (Wildman–Crippen LogP) is 13.1. The third-order valence-electron chi connectivity index (χ3n) is 10.3. The summed E-state index contributed by atoms with van der Waals surface area (Å²) in [4.78, 5) is 0. The van der Waals surface area contributed by atoms with Gasteiger partial charge >= 0.3 is 0 Å². The van der Waals surface area contributed by atoms with Gasteiger partial charge in [0.2, 0.25) is 0 Å². The number of aromatic nitrogens is 2. The molecule has 228 valence electrons. The normalized spacial score (nSPS) is 12.1. The molecular weight excluding hydrogens is 613 g/mol. The number of fused-ring (bicyclic) bond motifs is 12. The van der Waals surface area contributed by atoms with Crippen molar-refractivity contribution in [2.24, 2.45) is 0 Å².